The Morgan fingerprint density at radius 3 is 2.50 bits per heavy atom. The summed E-state index contributed by atoms with van der Waals surface area (Å²) in [5.74, 6) is 2.46. The second kappa shape index (κ2) is 7.50. The molecule has 1 aliphatic heterocycles. The van der Waals surface area contributed by atoms with Crippen molar-refractivity contribution in [3.05, 3.63) is 23.8 Å². The molecule has 20 heavy (non-hydrogen) atoms. The second-order valence-electron chi connectivity index (χ2n) is 5.62. The lowest BCUT2D eigenvalue weighted by atomic mass is 9.98. The number of ether oxygens (including phenoxy) is 2. The van der Waals surface area contributed by atoms with Crippen molar-refractivity contribution >= 4 is 0 Å². The third kappa shape index (κ3) is 4.39. The maximum absolute atomic E-state index is 5.29. The molecule has 0 aliphatic carbocycles. The van der Waals surface area contributed by atoms with Crippen LogP contribution in [0.3, 0.4) is 0 Å². The molecule has 1 fully saturated rings. The summed E-state index contributed by atoms with van der Waals surface area (Å²) in [6, 6.07) is 6.02. The van der Waals surface area contributed by atoms with Crippen LogP contribution in [0.1, 0.15) is 18.4 Å². The van der Waals surface area contributed by atoms with E-state index >= 15 is 0 Å². The van der Waals surface area contributed by atoms with Gasteiger partial charge < -0.3 is 19.7 Å². The number of hydrogen-bond donors (Lipinski definition) is 1. The molecule has 1 aromatic rings. The van der Waals surface area contributed by atoms with Crippen LogP contribution in [0.5, 0.6) is 11.5 Å². The van der Waals surface area contributed by atoms with Crippen molar-refractivity contribution in [3.8, 4) is 11.5 Å². The van der Waals surface area contributed by atoms with Gasteiger partial charge in [0.15, 0.2) is 0 Å². The van der Waals surface area contributed by atoms with E-state index in [-0.39, 0.29) is 0 Å². The van der Waals surface area contributed by atoms with E-state index in [4.69, 9.17) is 9.47 Å². The molecule has 1 aliphatic rings. The van der Waals surface area contributed by atoms with Crippen molar-refractivity contribution in [2.24, 2.45) is 5.92 Å². The van der Waals surface area contributed by atoms with Gasteiger partial charge in [-0.15, -0.1) is 0 Å². The zero-order valence-electron chi connectivity index (χ0n) is 12.8. The third-order valence-electron chi connectivity index (χ3n) is 3.90. The molecule has 0 bridgehead atoms. The van der Waals surface area contributed by atoms with Crippen LogP contribution in [0, 0.1) is 5.92 Å². The number of hydrogen-bond acceptors (Lipinski definition) is 4. The van der Waals surface area contributed by atoms with E-state index < -0.39 is 0 Å². The van der Waals surface area contributed by atoms with Gasteiger partial charge in [0.05, 0.1) is 14.2 Å². The van der Waals surface area contributed by atoms with Crippen molar-refractivity contribution in [3.63, 3.8) is 0 Å². The molecule has 0 aromatic heterocycles. The van der Waals surface area contributed by atoms with Gasteiger partial charge in [-0.25, -0.2) is 0 Å². The van der Waals surface area contributed by atoms with E-state index in [9.17, 15) is 0 Å². The molecule has 1 N–H and O–H groups in total. The Hall–Kier alpha value is -1.26. The monoisotopic (exact) mass is 278 g/mol. The van der Waals surface area contributed by atoms with Crippen LogP contribution in [0.2, 0.25) is 0 Å². The van der Waals surface area contributed by atoms with Crippen molar-refractivity contribution < 1.29 is 9.47 Å². The fraction of sp³-hybridized carbons (Fsp3) is 0.625. The molecule has 1 unspecified atom stereocenters. The summed E-state index contributed by atoms with van der Waals surface area (Å²) in [6.45, 7) is 4.37. The minimum Gasteiger partial charge on any atom is -0.497 e. The predicted octanol–water partition coefficient (Wildman–Crippen LogP) is 2.14. The Kier molecular flexibility index (Phi) is 5.68. The van der Waals surface area contributed by atoms with Crippen LogP contribution < -0.4 is 14.8 Å². The summed E-state index contributed by atoms with van der Waals surface area (Å²) >= 11 is 0. The fourth-order valence-electron chi connectivity index (χ4n) is 2.83. The number of likely N-dealkylation sites (tertiary alicyclic amines) is 1. The van der Waals surface area contributed by atoms with Gasteiger partial charge in [0.1, 0.15) is 11.5 Å². The molecule has 1 heterocycles. The normalized spacial score (nSPS) is 19.9. The number of methoxy groups -OCH3 is 2. The van der Waals surface area contributed by atoms with E-state index in [2.05, 4.69) is 29.4 Å². The molecular formula is C16H26N2O2. The van der Waals surface area contributed by atoms with Crippen molar-refractivity contribution in [1.82, 2.24) is 10.2 Å². The van der Waals surface area contributed by atoms with Gasteiger partial charge in [-0.2, -0.15) is 0 Å². The van der Waals surface area contributed by atoms with Gasteiger partial charge in [0.2, 0.25) is 0 Å². The molecule has 4 nitrogen and oxygen atoms in total. The van der Waals surface area contributed by atoms with Crippen LogP contribution in [-0.2, 0) is 6.54 Å². The lowest BCUT2D eigenvalue weighted by Crippen LogP contribution is -2.37. The van der Waals surface area contributed by atoms with Gasteiger partial charge in [-0.05, 0) is 56.6 Å². The Morgan fingerprint density at radius 2 is 1.90 bits per heavy atom. The van der Waals surface area contributed by atoms with E-state index in [1.807, 2.05) is 6.07 Å². The minimum atomic E-state index is 0.765. The predicted molar refractivity (Wildman–Crippen MR) is 81.5 cm³/mol. The molecule has 1 aromatic carbocycles. The zero-order valence-corrected chi connectivity index (χ0v) is 12.8. The third-order valence-corrected chi connectivity index (χ3v) is 3.90. The highest BCUT2D eigenvalue weighted by atomic mass is 16.5. The average Bonchev–Trinajstić information content (AvgIpc) is 2.47. The van der Waals surface area contributed by atoms with Crippen LogP contribution in [0.25, 0.3) is 0 Å². The molecule has 0 saturated carbocycles. The van der Waals surface area contributed by atoms with Gasteiger partial charge in [-0.3, -0.25) is 0 Å². The van der Waals surface area contributed by atoms with Crippen molar-refractivity contribution in [1.29, 1.82) is 0 Å². The molecule has 0 radical (unpaired) electrons. The first-order chi connectivity index (χ1) is 9.71. The maximum Gasteiger partial charge on any atom is 0.122 e. The Morgan fingerprint density at radius 1 is 1.20 bits per heavy atom. The van der Waals surface area contributed by atoms with Crippen LogP contribution in [0.4, 0.5) is 0 Å². The topological polar surface area (TPSA) is 33.7 Å². The second-order valence-corrected chi connectivity index (χ2v) is 5.62. The highest BCUT2D eigenvalue weighted by molar-refractivity contribution is 5.38. The molecule has 0 spiro atoms. The van der Waals surface area contributed by atoms with Gasteiger partial charge >= 0.3 is 0 Å². The zero-order chi connectivity index (χ0) is 14.4. The van der Waals surface area contributed by atoms with E-state index in [0.29, 0.717) is 0 Å². The molecule has 112 valence electrons. The van der Waals surface area contributed by atoms with Gasteiger partial charge in [0.25, 0.3) is 0 Å². The minimum absolute atomic E-state index is 0.765. The van der Waals surface area contributed by atoms with E-state index in [1.54, 1.807) is 14.2 Å². The maximum atomic E-state index is 5.29. The summed E-state index contributed by atoms with van der Waals surface area (Å²) < 4.78 is 10.6. The number of benzene rings is 1. The number of nitrogens with one attached hydrogen (secondary N) is 1. The molecule has 1 saturated heterocycles. The van der Waals surface area contributed by atoms with Crippen LogP contribution in [-0.4, -0.2) is 45.8 Å². The summed E-state index contributed by atoms with van der Waals surface area (Å²) in [7, 11) is 5.58. The quantitative estimate of drug-likeness (QED) is 0.864. The molecule has 4 heteroatoms. The first-order valence-corrected chi connectivity index (χ1v) is 7.32. The van der Waals surface area contributed by atoms with E-state index in [1.165, 1.54) is 31.5 Å². The summed E-state index contributed by atoms with van der Waals surface area (Å²) in [4.78, 5) is 2.42. The first-order valence-electron chi connectivity index (χ1n) is 7.32. The first kappa shape index (κ1) is 15.1. The lowest BCUT2D eigenvalue weighted by molar-refractivity contribution is 0.206. The van der Waals surface area contributed by atoms with Crippen LogP contribution >= 0.6 is 0 Å². The van der Waals surface area contributed by atoms with Crippen molar-refractivity contribution in [2.45, 2.75) is 19.4 Å². The highest BCUT2D eigenvalue weighted by Crippen LogP contribution is 2.22. The number of piperidine rings is 1. The largest absolute Gasteiger partial charge is 0.497 e. The smallest absolute Gasteiger partial charge is 0.122 e. The SMILES string of the molecule is COc1cc(CNCC2CCCN(C)C2)cc(OC)c1. The molecule has 0 amide bonds. The summed E-state index contributed by atoms with van der Waals surface area (Å²) in [5, 5.41) is 3.56. The van der Waals surface area contributed by atoms with Gasteiger partial charge in [0, 0.05) is 19.2 Å². The van der Waals surface area contributed by atoms with Crippen LogP contribution in [0.15, 0.2) is 18.2 Å². The Labute approximate surface area is 122 Å². The Balaban J connectivity index is 1.84. The van der Waals surface area contributed by atoms with Crippen molar-refractivity contribution in [2.75, 3.05) is 40.9 Å². The standard InChI is InChI=1S/C16H26N2O2/c1-18-6-4-5-13(12-18)10-17-11-14-7-15(19-2)9-16(8-14)20-3/h7-9,13,17H,4-6,10-12H2,1-3H3. The molecule has 2 rings (SSSR count). The number of nitrogens with zero attached hydrogens (tertiary/aromatic N) is 1. The fourth-order valence-corrected chi connectivity index (χ4v) is 2.83. The lowest BCUT2D eigenvalue weighted by Gasteiger charge is -2.29. The van der Waals surface area contributed by atoms with Gasteiger partial charge in [-0.1, -0.05) is 0 Å². The number of rotatable bonds is 6. The van der Waals surface area contributed by atoms with E-state index in [0.717, 1.165) is 30.5 Å². The average molecular weight is 278 g/mol. The molecule has 1 atom stereocenters. The highest BCUT2D eigenvalue weighted by Gasteiger charge is 2.16. The molecular weight excluding hydrogens is 252 g/mol. The Bertz CT molecular complexity index is 401. The summed E-state index contributed by atoms with van der Waals surface area (Å²) in [5.41, 5.74) is 1.20. The summed E-state index contributed by atoms with van der Waals surface area (Å²) in [6.07, 6.45) is 2.65.